The Morgan fingerprint density at radius 2 is 1.76 bits per heavy atom. The Hall–Kier alpha value is -2.58. The van der Waals surface area contributed by atoms with Gasteiger partial charge in [-0.2, -0.15) is 9.29 Å². The zero-order chi connectivity index (χ0) is 20.6. The molecule has 1 aliphatic heterocycles. The predicted molar refractivity (Wildman–Crippen MR) is 105 cm³/mol. The SMILES string of the molecule is Cc1ccc(S(=O)(=O)N2C(Cc3nc(C)no3)CCC2c2ccc(F)cc2)cc1. The van der Waals surface area contributed by atoms with Gasteiger partial charge in [-0.05, 0) is 56.5 Å². The maximum atomic E-state index is 13.6. The lowest BCUT2D eigenvalue weighted by molar-refractivity contribution is 0.294. The molecule has 2 atom stereocenters. The van der Waals surface area contributed by atoms with Crippen LogP contribution in [-0.2, 0) is 16.4 Å². The summed E-state index contributed by atoms with van der Waals surface area (Å²) in [4.78, 5) is 4.48. The van der Waals surface area contributed by atoms with E-state index in [0.29, 0.717) is 31.0 Å². The van der Waals surface area contributed by atoms with Crippen LogP contribution in [0, 0.1) is 19.7 Å². The summed E-state index contributed by atoms with van der Waals surface area (Å²) in [5.74, 6) is 0.579. The second-order valence-electron chi connectivity index (χ2n) is 7.39. The van der Waals surface area contributed by atoms with Crippen LogP contribution in [0.2, 0.25) is 0 Å². The number of rotatable bonds is 5. The maximum Gasteiger partial charge on any atom is 0.243 e. The van der Waals surface area contributed by atoms with E-state index in [1.807, 2.05) is 6.92 Å². The molecule has 2 aromatic carbocycles. The van der Waals surface area contributed by atoms with E-state index in [-0.39, 0.29) is 22.8 Å². The van der Waals surface area contributed by atoms with E-state index in [9.17, 15) is 12.8 Å². The molecular weight excluding hydrogens is 393 g/mol. The summed E-state index contributed by atoms with van der Waals surface area (Å²) >= 11 is 0. The van der Waals surface area contributed by atoms with Crippen molar-refractivity contribution in [2.24, 2.45) is 0 Å². The molecule has 1 aliphatic rings. The van der Waals surface area contributed by atoms with Crippen LogP contribution in [0.15, 0.2) is 57.9 Å². The minimum absolute atomic E-state index is 0.240. The molecule has 3 aromatic rings. The highest BCUT2D eigenvalue weighted by Gasteiger charge is 2.43. The van der Waals surface area contributed by atoms with E-state index < -0.39 is 10.0 Å². The number of hydrogen-bond donors (Lipinski definition) is 0. The Morgan fingerprint density at radius 1 is 1.07 bits per heavy atom. The molecule has 152 valence electrons. The van der Waals surface area contributed by atoms with Gasteiger partial charge in [0.2, 0.25) is 15.9 Å². The van der Waals surface area contributed by atoms with Crippen LogP contribution in [0.3, 0.4) is 0 Å². The van der Waals surface area contributed by atoms with E-state index in [1.54, 1.807) is 43.3 Å². The van der Waals surface area contributed by atoms with Crippen LogP contribution in [0.5, 0.6) is 0 Å². The van der Waals surface area contributed by atoms with Crippen molar-refractivity contribution in [1.82, 2.24) is 14.4 Å². The highest BCUT2D eigenvalue weighted by atomic mass is 32.2. The highest BCUT2D eigenvalue weighted by molar-refractivity contribution is 7.89. The first-order chi connectivity index (χ1) is 13.8. The van der Waals surface area contributed by atoms with Gasteiger partial charge in [0.25, 0.3) is 0 Å². The van der Waals surface area contributed by atoms with Gasteiger partial charge in [0, 0.05) is 12.5 Å². The smallest absolute Gasteiger partial charge is 0.243 e. The molecule has 0 amide bonds. The molecule has 0 spiro atoms. The number of aryl methyl sites for hydroxylation is 2. The van der Waals surface area contributed by atoms with Crippen LogP contribution in [0.1, 0.15) is 41.7 Å². The lowest BCUT2D eigenvalue weighted by Crippen LogP contribution is -2.38. The van der Waals surface area contributed by atoms with Crippen LogP contribution >= 0.6 is 0 Å². The molecule has 0 N–H and O–H groups in total. The van der Waals surface area contributed by atoms with E-state index >= 15 is 0 Å². The Kier molecular flexibility index (Phi) is 5.23. The number of halogens is 1. The third-order valence-corrected chi connectivity index (χ3v) is 7.25. The third-order valence-electron chi connectivity index (χ3n) is 5.27. The lowest BCUT2D eigenvalue weighted by atomic mass is 10.1. The molecular formula is C21H22FN3O3S. The molecule has 1 aromatic heterocycles. The molecule has 1 saturated heterocycles. The van der Waals surface area contributed by atoms with E-state index in [4.69, 9.17) is 4.52 Å². The van der Waals surface area contributed by atoms with Crippen LogP contribution < -0.4 is 0 Å². The molecule has 0 radical (unpaired) electrons. The van der Waals surface area contributed by atoms with Crippen LogP contribution in [0.4, 0.5) is 4.39 Å². The maximum absolute atomic E-state index is 13.6. The fourth-order valence-electron chi connectivity index (χ4n) is 3.87. The number of benzene rings is 2. The van der Waals surface area contributed by atoms with Crippen molar-refractivity contribution in [1.29, 1.82) is 0 Å². The minimum Gasteiger partial charge on any atom is -0.339 e. The number of sulfonamides is 1. The van der Waals surface area contributed by atoms with E-state index in [2.05, 4.69) is 10.1 Å². The molecule has 2 heterocycles. The Balaban J connectivity index is 1.74. The third kappa shape index (κ3) is 3.95. The normalized spacial score (nSPS) is 20.2. The first-order valence-electron chi connectivity index (χ1n) is 9.49. The van der Waals surface area contributed by atoms with Crippen molar-refractivity contribution in [3.8, 4) is 0 Å². The van der Waals surface area contributed by atoms with Crippen molar-refractivity contribution in [2.75, 3.05) is 0 Å². The Labute approximate surface area is 169 Å². The van der Waals surface area contributed by atoms with Gasteiger partial charge in [0.05, 0.1) is 10.9 Å². The van der Waals surface area contributed by atoms with Gasteiger partial charge in [-0.1, -0.05) is 35.0 Å². The first-order valence-corrected chi connectivity index (χ1v) is 10.9. The summed E-state index contributed by atoms with van der Waals surface area (Å²) in [7, 11) is -3.78. The largest absolute Gasteiger partial charge is 0.339 e. The monoisotopic (exact) mass is 415 g/mol. The van der Waals surface area contributed by atoms with Gasteiger partial charge in [0.15, 0.2) is 5.82 Å². The quantitative estimate of drug-likeness (QED) is 0.630. The highest BCUT2D eigenvalue weighted by Crippen LogP contribution is 2.41. The number of aromatic nitrogens is 2. The molecule has 0 bridgehead atoms. The van der Waals surface area contributed by atoms with Gasteiger partial charge >= 0.3 is 0 Å². The topological polar surface area (TPSA) is 76.3 Å². The fraction of sp³-hybridized carbons (Fsp3) is 0.333. The summed E-state index contributed by atoms with van der Waals surface area (Å²) in [6.07, 6.45) is 1.62. The minimum atomic E-state index is -3.78. The molecule has 8 heteroatoms. The summed E-state index contributed by atoms with van der Waals surface area (Å²) in [6, 6.07) is 12.1. The molecule has 2 unspecified atom stereocenters. The van der Waals surface area contributed by atoms with Crippen molar-refractivity contribution in [3.05, 3.63) is 77.2 Å². The predicted octanol–water partition coefficient (Wildman–Crippen LogP) is 3.96. The summed E-state index contributed by atoms with van der Waals surface area (Å²) in [5, 5.41) is 3.80. The molecule has 0 saturated carbocycles. The molecule has 1 fully saturated rings. The van der Waals surface area contributed by atoms with Gasteiger partial charge in [-0.3, -0.25) is 0 Å². The first kappa shape index (κ1) is 19.7. The van der Waals surface area contributed by atoms with E-state index in [1.165, 1.54) is 16.4 Å². The van der Waals surface area contributed by atoms with Crippen molar-refractivity contribution >= 4 is 10.0 Å². The number of nitrogens with zero attached hydrogens (tertiary/aromatic N) is 3. The number of hydrogen-bond acceptors (Lipinski definition) is 5. The second kappa shape index (κ2) is 7.68. The van der Waals surface area contributed by atoms with Crippen LogP contribution in [-0.4, -0.2) is 28.9 Å². The zero-order valence-corrected chi connectivity index (χ0v) is 17.1. The fourth-order valence-corrected chi connectivity index (χ4v) is 5.73. The van der Waals surface area contributed by atoms with Crippen molar-refractivity contribution < 1.29 is 17.3 Å². The zero-order valence-electron chi connectivity index (χ0n) is 16.2. The second-order valence-corrected chi connectivity index (χ2v) is 9.23. The average Bonchev–Trinajstić information content (AvgIpc) is 3.29. The summed E-state index contributed by atoms with van der Waals surface area (Å²) in [6.45, 7) is 3.64. The molecule has 4 rings (SSSR count). The summed E-state index contributed by atoms with van der Waals surface area (Å²) in [5.41, 5.74) is 1.75. The Morgan fingerprint density at radius 3 is 2.38 bits per heavy atom. The standard InChI is InChI=1S/C21H22FN3O3S/c1-14-3-10-19(11-4-14)29(26,27)25-18(13-21-23-15(2)24-28-21)9-12-20(25)16-5-7-17(22)8-6-16/h3-8,10-11,18,20H,9,12-13H2,1-2H3. The average molecular weight is 415 g/mol. The van der Waals surface area contributed by atoms with Gasteiger partial charge in [0.1, 0.15) is 5.82 Å². The van der Waals surface area contributed by atoms with Crippen molar-refractivity contribution in [3.63, 3.8) is 0 Å². The Bertz CT molecular complexity index is 1090. The van der Waals surface area contributed by atoms with E-state index in [0.717, 1.165) is 11.1 Å². The van der Waals surface area contributed by atoms with Crippen molar-refractivity contribution in [2.45, 2.75) is 50.1 Å². The van der Waals surface area contributed by atoms with Gasteiger partial charge < -0.3 is 4.52 Å². The summed E-state index contributed by atoms with van der Waals surface area (Å²) < 4.78 is 47.4. The van der Waals surface area contributed by atoms with Gasteiger partial charge in [-0.15, -0.1) is 0 Å². The van der Waals surface area contributed by atoms with Gasteiger partial charge in [-0.25, -0.2) is 12.8 Å². The molecule has 29 heavy (non-hydrogen) atoms. The molecule has 0 aliphatic carbocycles. The molecule has 6 nitrogen and oxygen atoms in total. The lowest BCUT2D eigenvalue weighted by Gasteiger charge is -2.29. The van der Waals surface area contributed by atoms with Crippen LogP contribution in [0.25, 0.3) is 0 Å².